The maximum absolute atomic E-state index is 11.2. The predicted octanol–water partition coefficient (Wildman–Crippen LogP) is -3.92. The molecular weight excluding hydrogens is 344 g/mol. The zero-order valence-corrected chi connectivity index (χ0v) is 12.0. The van der Waals surface area contributed by atoms with Crippen LogP contribution in [0.2, 0.25) is 0 Å². The number of hydrogen-bond donors (Lipinski definition) is 7. The Bertz CT molecular complexity index is 290. The maximum atomic E-state index is 11.2. The van der Waals surface area contributed by atoms with Crippen molar-refractivity contribution in [2.75, 3.05) is 18.5 Å². The van der Waals surface area contributed by atoms with Crippen molar-refractivity contribution in [3.8, 4) is 0 Å². The van der Waals surface area contributed by atoms with Crippen molar-refractivity contribution < 1.29 is 45.3 Å². The molecule has 20 heavy (non-hydrogen) atoms. The van der Waals surface area contributed by atoms with Gasteiger partial charge in [0, 0.05) is 5.33 Å². The number of aliphatic hydroxyl groups is 7. The number of rotatable bonds is 9. The molecule has 9 nitrogen and oxygen atoms in total. The van der Waals surface area contributed by atoms with Gasteiger partial charge in [-0.05, 0) is 0 Å². The Morgan fingerprint density at radius 3 is 1.90 bits per heavy atom. The number of carbonyl (C=O) groups is 1. The van der Waals surface area contributed by atoms with Crippen molar-refractivity contribution >= 4 is 21.9 Å². The van der Waals surface area contributed by atoms with E-state index in [-0.39, 0.29) is 6.61 Å². The quantitative estimate of drug-likeness (QED) is 0.160. The Morgan fingerprint density at radius 2 is 1.45 bits per heavy atom. The molecule has 7 N–H and O–H groups in total. The van der Waals surface area contributed by atoms with Crippen molar-refractivity contribution in [1.82, 2.24) is 0 Å². The second-order valence-corrected chi connectivity index (χ2v) is 4.81. The minimum atomic E-state index is -2.15. The maximum Gasteiger partial charge on any atom is 0.337 e. The topological polar surface area (TPSA) is 168 Å². The largest absolute Gasteiger partial charge is 0.463 e. The molecule has 0 fully saturated rings. The standard InChI is InChI=1S/C10H19BrO9/c11-1-2-20-10(19)9(18)8(17)7(16)6(15)5(14)4(13)3-12/h4-9,12-18H,1-3H2. The van der Waals surface area contributed by atoms with Crippen LogP contribution in [0.15, 0.2) is 0 Å². The van der Waals surface area contributed by atoms with Crippen molar-refractivity contribution in [2.45, 2.75) is 36.6 Å². The van der Waals surface area contributed by atoms with Crippen LogP contribution in [0, 0.1) is 0 Å². The predicted molar refractivity (Wildman–Crippen MR) is 67.9 cm³/mol. The molecule has 0 amide bonds. The molecule has 0 aliphatic rings. The molecule has 0 aromatic carbocycles. The van der Waals surface area contributed by atoms with Crippen LogP contribution in [-0.2, 0) is 9.53 Å². The van der Waals surface area contributed by atoms with Crippen molar-refractivity contribution in [3.63, 3.8) is 0 Å². The fourth-order valence-corrected chi connectivity index (χ4v) is 1.45. The number of aliphatic hydroxyl groups excluding tert-OH is 7. The Kier molecular flexibility index (Phi) is 9.42. The van der Waals surface area contributed by atoms with Crippen LogP contribution in [0.3, 0.4) is 0 Å². The monoisotopic (exact) mass is 362 g/mol. The molecule has 0 aliphatic heterocycles. The molecule has 0 aromatic rings. The van der Waals surface area contributed by atoms with E-state index in [4.69, 9.17) is 10.2 Å². The van der Waals surface area contributed by atoms with Gasteiger partial charge in [0.05, 0.1) is 6.61 Å². The van der Waals surface area contributed by atoms with E-state index in [0.717, 1.165) is 0 Å². The number of carbonyl (C=O) groups excluding carboxylic acids is 1. The molecule has 0 heterocycles. The van der Waals surface area contributed by atoms with E-state index >= 15 is 0 Å². The smallest absolute Gasteiger partial charge is 0.337 e. The molecule has 0 aromatic heterocycles. The molecule has 0 saturated carbocycles. The summed E-state index contributed by atoms with van der Waals surface area (Å²) in [6.07, 6.45) is -12.3. The van der Waals surface area contributed by atoms with Crippen LogP contribution in [0.5, 0.6) is 0 Å². The summed E-state index contributed by atoms with van der Waals surface area (Å²) in [6, 6.07) is 0. The first-order valence-electron chi connectivity index (χ1n) is 5.69. The van der Waals surface area contributed by atoms with Crippen LogP contribution in [0.1, 0.15) is 0 Å². The van der Waals surface area contributed by atoms with Crippen LogP contribution < -0.4 is 0 Å². The van der Waals surface area contributed by atoms with E-state index in [9.17, 15) is 30.3 Å². The first kappa shape index (κ1) is 19.7. The summed E-state index contributed by atoms with van der Waals surface area (Å²) in [4.78, 5) is 11.2. The van der Waals surface area contributed by atoms with Gasteiger partial charge in [0.15, 0.2) is 6.10 Å². The van der Waals surface area contributed by atoms with Gasteiger partial charge in [-0.25, -0.2) is 4.79 Å². The molecule has 6 unspecified atom stereocenters. The summed E-state index contributed by atoms with van der Waals surface area (Å²) >= 11 is 2.96. The summed E-state index contributed by atoms with van der Waals surface area (Å²) in [7, 11) is 0. The van der Waals surface area contributed by atoms with Crippen LogP contribution in [0.25, 0.3) is 0 Å². The summed E-state index contributed by atoms with van der Waals surface area (Å²) in [5, 5.41) is 65.2. The van der Waals surface area contributed by atoms with Crippen LogP contribution in [0.4, 0.5) is 0 Å². The molecule has 0 aliphatic carbocycles. The molecule has 0 bridgehead atoms. The summed E-state index contributed by atoms with van der Waals surface area (Å²) in [5.74, 6) is -1.22. The van der Waals surface area contributed by atoms with E-state index in [1.165, 1.54) is 0 Å². The van der Waals surface area contributed by atoms with E-state index in [2.05, 4.69) is 20.7 Å². The molecule has 0 saturated heterocycles. The first-order valence-corrected chi connectivity index (χ1v) is 6.81. The van der Waals surface area contributed by atoms with Crippen molar-refractivity contribution in [1.29, 1.82) is 0 Å². The van der Waals surface area contributed by atoms with Gasteiger partial charge in [-0.2, -0.15) is 0 Å². The molecule has 0 radical (unpaired) electrons. The van der Waals surface area contributed by atoms with Crippen LogP contribution >= 0.6 is 15.9 Å². The highest BCUT2D eigenvalue weighted by molar-refractivity contribution is 9.09. The lowest BCUT2D eigenvalue weighted by atomic mass is 9.96. The van der Waals surface area contributed by atoms with Crippen molar-refractivity contribution in [2.24, 2.45) is 0 Å². The van der Waals surface area contributed by atoms with Crippen molar-refractivity contribution in [3.05, 3.63) is 0 Å². The van der Waals surface area contributed by atoms with Crippen LogP contribution in [-0.4, -0.2) is 96.9 Å². The first-order chi connectivity index (χ1) is 9.27. The van der Waals surface area contributed by atoms with Gasteiger partial charge in [-0.3, -0.25) is 0 Å². The number of ether oxygens (including phenoxy) is 1. The Balaban J connectivity index is 4.58. The zero-order chi connectivity index (χ0) is 15.9. The van der Waals surface area contributed by atoms with Gasteiger partial charge in [-0.1, -0.05) is 15.9 Å². The second kappa shape index (κ2) is 9.58. The van der Waals surface area contributed by atoms with Gasteiger partial charge in [0.2, 0.25) is 0 Å². The summed E-state index contributed by atoms with van der Waals surface area (Å²) in [5.41, 5.74) is 0. The normalized spacial score (nSPS) is 20.6. The number of hydrogen-bond acceptors (Lipinski definition) is 9. The molecule has 0 rings (SSSR count). The Hall–Kier alpha value is -0.330. The number of esters is 1. The van der Waals surface area contributed by atoms with E-state index in [1.54, 1.807) is 0 Å². The van der Waals surface area contributed by atoms with E-state index in [0.29, 0.717) is 5.33 Å². The molecule has 120 valence electrons. The third-order valence-electron chi connectivity index (χ3n) is 2.52. The number of alkyl halides is 1. The average Bonchev–Trinajstić information content (AvgIpc) is 2.47. The third kappa shape index (κ3) is 5.58. The highest BCUT2D eigenvalue weighted by Gasteiger charge is 2.39. The zero-order valence-electron chi connectivity index (χ0n) is 10.4. The molecule has 0 spiro atoms. The van der Waals surface area contributed by atoms with Gasteiger partial charge in [-0.15, -0.1) is 0 Å². The lowest BCUT2D eigenvalue weighted by Crippen LogP contribution is -2.54. The fourth-order valence-electron chi connectivity index (χ4n) is 1.29. The molecular formula is C10H19BrO9. The van der Waals surface area contributed by atoms with Gasteiger partial charge >= 0.3 is 5.97 Å². The van der Waals surface area contributed by atoms with E-state index < -0.39 is 49.2 Å². The van der Waals surface area contributed by atoms with Gasteiger partial charge in [0.25, 0.3) is 0 Å². The van der Waals surface area contributed by atoms with Gasteiger partial charge < -0.3 is 40.5 Å². The highest BCUT2D eigenvalue weighted by Crippen LogP contribution is 2.12. The summed E-state index contributed by atoms with van der Waals surface area (Å²) in [6.45, 7) is -0.968. The van der Waals surface area contributed by atoms with E-state index in [1.807, 2.05) is 0 Å². The SMILES string of the molecule is O=C(OCCBr)C(O)C(O)C(O)C(O)C(O)C(O)CO. The minimum absolute atomic E-state index is 0.0763. The third-order valence-corrected chi connectivity index (χ3v) is 2.84. The average molecular weight is 363 g/mol. The Labute approximate surface area is 123 Å². The minimum Gasteiger partial charge on any atom is -0.463 e. The summed E-state index contributed by atoms with van der Waals surface area (Å²) < 4.78 is 4.49. The number of halogens is 1. The van der Waals surface area contributed by atoms with Gasteiger partial charge in [0.1, 0.15) is 37.1 Å². The molecule has 6 atom stereocenters. The Morgan fingerprint density at radius 1 is 0.950 bits per heavy atom. The fraction of sp³-hybridized carbons (Fsp3) is 0.900. The second-order valence-electron chi connectivity index (χ2n) is 4.01. The highest BCUT2D eigenvalue weighted by atomic mass is 79.9. The lowest BCUT2D eigenvalue weighted by Gasteiger charge is -2.29. The lowest BCUT2D eigenvalue weighted by molar-refractivity contribution is -0.178. The molecule has 10 heteroatoms.